The molecule has 0 aliphatic heterocycles. The van der Waals surface area contributed by atoms with Crippen molar-refractivity contribution in [1.29, 1.82) is 0 Å². The molecule has 0 amide bonds. The molecule has 3 heteroatoms. The van der Waals surface area contributed by atoms with Crippen LogP contribution in [0.25, 0.3) is 6.08 Å². The van der Waals surface area contributed by atoms with E-state index in [0.717, 1.165) is 24.7 Å². The van der Waals surface area contributed by atoms with Crippen LogP contribution in [0.15, 0.2) is 42.5 Å². The Balaban J connectivity index is 2.39. The first-order valence-corrected chi connectivity index (χ1v) is 8.28. The van der Waals surface area contributed by atoms with Gasteiger partial charge in [-0.1, -0.05) is 43.4 Å². The lowest BCUT2D eigenvalue weighted by Gasteiger charge is -2.11. The standard InChI is InChI=1S/C16H23O2P/c1-4-18-19(5-2)14-8-6-7-9-15-10-12-16(17-3)13-11-15/h6-13H,4-5,14H2,1-3H3. The molecule has 1 rings (SSSR count). The Kier molecular flexibility index (Phi) is 8.20. The zero-order valence-corrected chi connectivity index (χ0v) is 12.9. The summed E-state index contributed by atoms with van der Waals surface area (Å²) in [5.41, 5.74) is 1.17. The minimum atomic E-state index is -0.273. The van der Waals surface area contributed by atoms with E-state index in [1.54, 1.807) is 7.11 Å². The van der Waals surface area contributed by atoms with Crippen molar-refractivity contribution in [3.05, 3.63) is 48.1 Å². The van der Waals surface area contributed by atoms with E-state index >= 15 is 0 Å². The SMILES string of the molecule is CCOP(CC)CC=CC=Cc1ccc(OC)cc1. The second-order valence-electron chi connectivity index (χ2n) is 3.96. The summed E-state index contributed by atoms with van der Waals surface area (Å²) in [5.74, 6) is 0.887. The van der Waals surface area contributed by atoms with Crippen LogP contribution in [0.4, 0.5) is 0 Å². The molecule has 0 radical (unpaired) electrons. The van der Waals surface area contributed by atoms with Crippen LogP contribution in [-0.2, 0) is 4.52 Å². The van der Waals surface area contributed by atoms with Crippen molar-refractivity contribution < 1.29 is 9.26 Å². The van der Waals surface area contributed by atoms with E-state index in [2.05, 4.69) is 38.2 Å². The van der Waals surface area contributed by atoms with Gasteiger partial charge >= 0.3 is 0 Å². The highest BCUT2D eigenvalue weighted by Crippen LogP contribution is 2.35. The van der Waals surface area contributed by atoms with Crippen molar-refractivity contribution in [2.24, 2.45) is 0 Å². The van der Waals surface area contributed by atoms with Crippen LogP contribution < -0.4 is 4.74 Å². The van der Waals surface area contributed by atoms with Gasteiger partial charge in [0.15, 0.2) is 0 Å². The first-order chi connectivity index (χ1) is 9.30. The van der Waals surface area contributed by atoms with E-state index in [9.17, 15) is 0 Å². The van der Waals surface area contributed by atoms with Gasteiger partial charge in [0.25, 0.3) is 0 Å². The predicted molar refractivity (Wildman–Crippen MR) is 85.1 cm³/mol. The van der Waals surface area contributed by atoms with Crippen LogP contribution in [0.5, 0.6) is 5.75 Å². The van der Waals surface area contributed by atoms with Crippen molar-refractivity contribution in [1.82, 2.24) is 0 Å². The van der Waals surface area contributed by atoms with E-state index in [4.69, 9.17) is 9.26 Å². The summed E-state index contributed by atoms with van der Waals surface area (Å²) in [5, 5.41) is 0. The Morgan fingerprint density at radius 1 is 1.11 bits per heavy atom. The molecule has 0 saturated heterocycles. The van der Waals surface area contributed by atoms with Gasteiger partial charge in [-0.2, -0.15) is 0 Å². The number of hydrogen-bond acceptors (Lipinski definition) is 2. The molecule has 0 aliphatic rings. The zero-order chi connectivity index (χ0) is 13.9. The summed E-state index contributed by atoms with van der Waals surface area (Å²) in [6.07, 6.45) is 10.6. The van der Waals surface area contributed by atoms with Gasteiger partial charge in [0, 0.05) is 20.9 Å². The molecule has 1 aromatic rings. The van der Waals surface area contributed by atoms with E-state index in [1.165, 1.54) is 5.56 Å². The summed E-state index contributed by atoms with van der Waals surface area (Å²) in [6.45, 7) is 5.05. The van der Waals surface area contributed by atoms with Crippen LogP contribution >= 0.6 is 8.15 Å². The molecular formula is C16H23O2P. The number of hydrogen-bond donors (Lipinski definition) is 0. The Labute approximate surface area is 118 Å². The molecule has 0 fully saturated rings. The fourth-order valence-electron chi connectivity index (χ4n) is 1.59. The molecule has 0 spiro atoms. The smallest absolute Gasteiger partial charge is 0.118 e. The van der Waals surface area contributed by atoms with Crippen LogP contribution in [0.2, 0.25) is 0 Å². The quantitative estimate of drug-likeness (QED) is 0.506. The van der Waals surface area contributed by atoms with Crippen LogP contribution in [0, 0.1) is 0 Å². The topological polar surface area (TPSA) is 18.5 Å². The first-order valence-electron chi connectivity index (χ1n) is 6.65. The lowest BCUT2D eigenvalue weighted by Crippen LogP contribution is -1.89. The maximum atomic E-state index is 5.66. The number of allylic oxidation sites excluding steroid dienone is 3. The van der Waals surface area contributed by atoms with Gasteiger partial charge in [-0.15, -0.1) is 0 Å². The second kappa shape index (κ2) is 9.77. The molecule has 0 heterocycles. The lowest BCUT2D eigenvalue weighted by atomic mass is 10.2. The molecule has 0 N–H and O–H groups in total. The number of benzene rings is 1. The van der Waals surface area contributed by atoms with Crippen LogP contribution in [0.3, 0.4) is 0 Å². The average molecular weight is 278 g/mol. The number of ether oxygens (including phenoxy) is 1. The van der Waals surface area contributed by atoms with Gasteiger partial charge in [0.2, 0.25) is 0 Å². The maximum Gasteiger partial charge on any atom is 0.118 e. The minimum absolute atomic E-state index is 0.273. The monoisotopic (exact) mass is 278 g/mol. The van der Waals surface area contributed by atoms with E-state index < -0.39 is 0 Å². The molecule has 0 aliphatic carbocycles. The van der Waals surface area contributed by atoms with Crippen molar-refractivity contribution >= 4 is 14.2 Å². The molecule has 1 aromatic carbocycles. The Bertz CT molecular complexity index is 396. The third-order valence-electron chi connectivity index (χ3n) is 2.63. The minimum Gasteiger partial charge on any atom is -0.497 e. The second-order valence-corrected chi connectivity index (χ2v) is 6.18. The summed E-state index contributed by atoms with van der Waals surface area (Å²) in [4.78, 5) is 0. The van der Waals surface area contributed by atoms with Gasteiger partial charge in [0.1, 0.15) is 5.75 Å². The van der Waals surface area contributed by atoms with Crippen molar-refractivity contribution in [2.75, 3.05) is 26.0 Å². The average Bonchev–Trinajstić information content (AvgIpc) is 2.46. The largest absolute Gasteiger partial charge is 0.497 e. The Morgan fingerprint density at radius 2 is 1.84 bits per heavy atom. The summed E-state index contributed by atoms with van der Waals surface area (Å²) < 4.78 is 10.8. The molecule has 0 saturated carbocycles. The highest BCUT2D eigenvalue weighted by Gasteiger charge is 2.00. The molecule has 1 unspecified atom stereocenters. The number of methoxy groups -OCH3 is 1. The normalized spacial score (nSPS) is 13.2. The van der Waals surface area contributed by atoms with Crippen molar-refractivity contribution in [3.63, 3.8) is 0 Å². The maximum absolute atomic E-state index is 5.66. The highest BCUT2D eigenvalue weighted by atomic mass is 31.1. The molecule has 0 aromatic heterocycles. The van der Waals surface area contributed by atoms with Gasteiger partial charge < -0.3 is 9.26 Å². The lowest BCUT2D eigenvalue weighted by molar-refractivity contribution is 0.379. The molecule has 19 heavy (non-hydrogen) atoms. The van der Waals surface area contributed by atoms with E-state index in [-0.39, 0.29) is 8.15 Å². The summed E-state index contributed by atoms with van der Waals surface area (Å²) >= 11 is 0. The molecule has 104 valence electrons. The fourth-order valence-corrected chi connectivity index (χ4v) is 2.86. The first kappa shape index (κ1) is 15.9. The van der Waals surface area contributed by atoms with E-state index in [0.29, 0.717) is 0 Å². The third-order valence-corrected chi connectivity index (χ3v) is 4.57. The number of rotatable bonds is 8. The van der Waals surface area contributed by atoms with Crippen LogP contribution in [0.1, 0.15) is 19.4 Å². The highest BCUT2D eigenvalue weighted by molar-refractivity contribution is 7.52. The van der Waals surface area contributed by atoms with E-state index in [1.807, 2.05) is 24.3 Å². The zero-order valence-electron chi connectivity index (χ0n) is 12.0. The predicted octanol–water partition coefficient (Wildman–Crippen LogP) is 4.72. The molecular weight excluding hydrogens is 255 g/mol. The summed E-state index contributed by atoms with van der Waals surface area (Å²) in [7, 11) is 1.41. The van der Waals surface area contributed by atoms with Gasteiger partial charge in [0.05, 0.1) is 7.11 Å². The Morgan fingerprint density at radius 3 is 2.42 bits per heavy atom. The molecule has 2 nitrogen and oxygen atoms in total. The van der Waals surface area contributed by atoms with Crippen molar-refractivity contribution in [2.45, 2.75) is 13.8 Å². The van der Waals surface area contributed by atoms with Gasteiger partial charge in [-0.25, -0.2) is 0 Å². The van der Waals surface area contributed by atoms with Crippen LogP contribution in [-0.4, -0.2) is 26.0 Å². The molecule has 0 bridgehead atoms. The third kappa shape index (κ3) is 6.56. The van der Waals surface area contributed by atoms with Crippen molar-refractivity contribution in [3.8, 4) is 5.75 Å². The fraction of sp³-hybridized carbons (Fsp3) is 0.375. The Hall–Kier alpha value is -1.11. The van der Waals surface area contributed by atoms with Gasteiger partial charge in [-0.05, 0) is 30.8 Å². The molecule has 1 atom stereocenters. The van der Waals surface area contributed by atoms with Gasteiger partial charge in [-0.3, -0.25) is 0 Å². The summed E-state index contributed by atoms with van der Waals surface area (Å²) in [6, 6.07) is 8.02.